The molecule has 0 radical (unpaired) electrons. The Labute approximate surface area is 210 Å². The standard InChI is InChI=1S/C29H41N3O3/c1-20(2)19-30-27-24(29(3,4)5)17-23(18-25(27)32-15-13-31(6)14-16-32)26(33)12-9-21-7-10-22(11-8-21)28(34)35/h7-12,17-18,20,26,30,33H,13-16,19H2,1-6H3,(H,34,35)/b12-9+. The second kappa shape index (κ2) is 11.3. The summed E-state index contributed by atoms with van der Waals surface area (Å²) in [5, 5.41) is 24.0. The number of nitrogens with zero attached hydrogens (tertiary/aromatic N) is 2. The molecule has 1 fully saturated rings. The highest BCUT2D eigenvalue weighted by molar-refractivity contribution is 5.87. The number of carboxylic acid groups (broad SMARTS) is 1. The van der Waals surface area contributed by atoms with Crippen molar-refractivity contribution in [2.24, 2.45) is 5.92 Å². The Morgan fingerprint density at radius 2 is 1.71 bits per heavy atom. The van der Waals surface area contributed by atoms with E-state index in [1.165, 1.54) is 11.3 Å². The molecule has 0 spiro atoms. The van der Waals surface area contributed by atoms with Crippen molar-refractivity contribution in [2.45, 2.75) is 46.1 Å². The summed E-state index contributed by atoms with van der Waals surface area (Å²) in [6.45, 7) is 15.9. The summed E-state index contributed by atoms with van der Waals surface area (Å²) in [6, 6.07) is 10.9. The second-order valence-corrected chi connectivity index (χ2v) is 11.0. The summed E-state index contributed by atoms with van der Waals surface area (Å²) in [5.74, 6) is -0.429. The number of aliphatic hydroxyl groups excluding tert-OH is 1. The van der Waals surface area contributed by atoms with E-state index in [4.69, 9.17) is 5.11 Å². The van der Waals surface area contributed by atoms with Gasteiger partial charge in [0.25, 0.3) is 0 Å². The maximum atomic E-state index is 11.2. The highest BCUT2D eigenvalue weighted by atomic mass is 16.4. The van der Waals surface area contributed by atoms with Gasteiger partial charge in [-0.3, -0.25) is 0 Å². The summed E-state index contributed by atoms with van der Waals surface area (Å²) in [7, 11) is 2.16. The lowest BCUT2D eigenvalue weighted by atomic mass is 9.83. The first-order valence-corrected chi connectivity index (χ1v) is 12.5. The maximum Gasteiger partial charge on any atom is 0.335 e. The quantitative estimate of drug-likeness (QED) is 0.480. The Kier molecular flexibility index (Phi) is 8.62. The van der Waals surface area contributed by atoms with Crippen molar-refractivity contribution in [1.82, 2.24) is 4.90 Å². The van der Waals surface area contributed by atoms with Crippen LogP contribution in [0, 0.1) is 5.92 Å². The molecule has 0 bridgehead atoms. The Morgan fingerprint density at radius 1 is 1.09 bits per heavy atom. The largest absolute Gasteiger partial charge is 0.478 e. The fourth-order valence-electron chi connectivity index (χ4n) is 4.25. The molecule has 0 saturated carbocycles. The summed E-state index contributed by atoms with van der Waals surface area (Å²) >= 11 is 0. The lowest BCUT2D eigenvalue weighted by Gasteiger charge is -2.37. The zero-order chi connectivity index (χ0) is 25.8. The van der Waals surface area contributed by atoms with Gasteiger partial charge in [-0.2, -0.15) is 0 Å². The predicted molar refractivity (Wildman–Crippen MR) is 146 cm³/mol. The number of piperazine rings is 1. The van der Waals surface area contributed by atoms with Gasteiger partial charge in [-0.05, 0) is 53.3 Å². The van der Waals surface area contributed by atoms with E-state index in [0.717, 1.165) is 49.5 Å². The normalized spacial score (nSPS) is 16.2. The number of carboxylic acids is 1. The van der Waals surface area contributed by atoms with Crippen LogP contribution in [-0.4, -0.2) is 60.9 Å². The highest BCUT2D eigenvalue weighted by Crippen LogP contribution is 2.40. The van der Waals surface area contributed by atoms with E-state index in [-0.39, 0.29) is 11.0 Å². The van der Waals surface area contributed by atoms with E-state index in [9.17, 15) is 9.90 Å². The van der Waals surface area contributed by atoms with Crippen LogP contribution in [0.5, 0.6) is 0 Å². The van der Waals surface area contributed by atoms with Crippen LogP contribution in [-0.2, 0) is 5.41 Å². The van der Waals surface area contributed by atoms with Gasteiger partial charge in [-0.1, -0.05) is 65.0 Å². The van der Waals surface area contributed by atoms with E-state index >= 15 is 0 Å². The zero-order valence-electron chi connectivity index (χ0n) is 22.0. The fourth-order valence-corrected chi connectivity index (χ4v) is 4.25. The molecule has 1 unspecified atom stereocenters. The molecule has 3 N–H and O–H groups in total. The van der Waals surface area contributed by atoms with Gasteiger partial charge in [0.15, 0.2) is 0 Å². The first-order valence-electron chi connectivity index (χ1n) is 12.5. The number of hydrogen-bond acceptors (Lipinski definition) is 5. The number of benzene rings is 2. The third-order valence-corrected chi connectivity index (χ3v) is 6.45. The lowest BCUT2D eigenvalue weighted by molar-refractivity contribution is 0.0697. The molecule has 2 aromatic carbocycles. The SMILES string of the molecule is CC(C)CNc1c(N2CCN(C)CC2)cc(C(O)/C=C/c2ccc(C(=O)O)cc2)cc1C(C)(C)C. The van der Waals surface area contributed by atoms with E-state index < -0.39 is 12.1 Å². The van der Waals surface area contributed by atoms with Gasteiger partial charge in [-0.25, -0.2) is 4.79 Å². The summed E-state index contributed by atoms with van der Waals surface area (Å²) in [4.78, 5) is 15.9. The Bertz CT molecular complexity index is 1030. The number of likely N-dealkylation sites (N-methyl/N-ethyl adjacent to an activating group) is 1. The van der Waals surface area contributed by atoms with E-state index in [1.54, 1.807) is 30.3 Å². The molecule has 1 heterocycles. The average Bonchev–Trinajstić information content (AvgIpc) is 2.80. The molecule has 6 heteroatoms. The minimum atomic E-state index is -0.946. The minimum absolute atomic E-state index is 0.104. The van der Waals surface area contributed by atoms with Gasteiger partial charge in [0.2, 0.25) is 0 Å². The number of carbonyl (C=O) groups is 1. The Balaban J connectivity index is 1.99. The zero-order valence-corrected chi connectivity index (χ0v) is 22.0. The van der Waals surface area contributed by atoms with Crippen LogP contribution in [0.2, 0.25) is 0 Å². The summed E-state index contributed by atoms with van der Waals surface area (Å²) in [5.41, 5.74) is 5.37. The molecule has 1 aliphatic rings. The highest BCUT2D eigenvalue weighted by Gasteiger charge is 2.26. The van der Waals surface area contributed by atoms with Crippen molar-refractivity contribution in [2.75, 3.05) is 50.0 Å². The lowest BCUT2D eigenvalue weighted by Crippen LogP contribution is -2.45. The summed E-state index contributed by atoms with van der Waals surface area (Å²) in [6.07, 6.45) is 2.83. The van der Waals surface area contributed by atoms with Crippen molar-refractivity contribution in [3.8, 4) is 0 Å². The maximum absolute atomic E-state index is 11.2. The smallest absolute Gasteiger partial charge is 0.335 e. The molecule has 1 saturated heterocycles. The number of anilines is 2. The Hall–Kier alpha value is -2.83. The molecule has 0 amide bonds. The number of aliphatic hydroxyl groups is 1. The van der Waals surface area contributed by atoms with Crippen molar-refractivity contribution < 1.29 is 15.0 Å². The molecule has 190 valence electrons. The van der Waals surface area contributed by atoms with Crippen LogP contribution in [0.4, 0.5) is 11.4 Å². The first-order chi connectivity index (χ1) is 16.5. The van der Waals surface area contributed by atoms with Gasteiger partial charge < -0.3 is 25.3 Å². The van der Waals surface area contributed by atoms with E-state index in [2.05, 4.69) is 68.9 Å². The molecular formula is C29H41N3O3. The predicted octanol–water partition coefficient (Wildman–Crippen LogP) is 5.25. The first kappa shape index (κ1) is 26.8. The van der Waals surface area contributed by atoms with Gasteiger partial charge in [0, 0.05) is 32.7 Å². The molecule has 2 aromatic rings. The molecule has 1 aliphatic heterocycles. The van der Waals surface area contributed by atoms with Crippen molar-refractivity contribution in [3.63, 3.8) is 0 Å². The van der Waals surface area contributed by atoms with Gasteiger partial charge in [0.1, 0.15) is 0 Å². The van der Waals surface area contributed by atoms with Crippen LogP contribution in [0.3, 0.4) is 0 Å². The minimum Gasteiger partial charge on any atom is -0.478 e. The second-order valence-electron chi connectivity index (χ2n) is 11.0. The molecule has 1 atom stereocenters. The van der Waals surface area contributed by atoms with Gasteiger partial charge in [0.05, 0.1) is 23.0 Å². The molecule has 3 rings (SSSR count). The van der Waals surface area contributed by atoms with E-state index in [0.29, 0.717) is 5.92 Å². The monoisotopic (exact) mass is 479 g/mol. The molecule has 0 aromatic heterocycles. The number of rotatable bonds is 8. The molecule has 6 nitrogen and oxygen atoms in total. The topological polar surface area (TPSA) is 76.0 Å². The van der Waals surface area contributed by atoms with Crippen LogP contribution < -0.4 is 10.2 Å². The third kappa shape index (κ3) is 7.09. The molecular weight excluding hydrogens is 438 g/mol. The third-order valence-electron chi connectivity index (χ3n) is 6.45. The molecule has 0 aliphatic carbocycles. The van der Waals surface area contributed by atoms with Gasteiger partial charge in [-0.15, -0.1) is 0 Å². The average molecular weight is 480 g/mol. The van der Waals surface area contributed by atoms with Crippen LogP contribution in [0.25, 0.3) is 6.08 Å². The number of aromatic carboxylic acids is 1. The van der Waals surface area contributed by atoms with Crippen molar-refractivity contribution in [3.05, 3.63) is 64.7 Å². The number of hydrogen-bond donors (Lipinski definition) is 3. The Morgan fingerprint density at radius 3 is 2.26 bits per heavy atom. The fraction of sp³-hybridized carbons (Fsp3) is 0.483. The van der Waals surface area contributed by atoms with Crippen molar-refractivity contribution in [1.29, 1.82) is 0 Å². The van der Waals surface area contributed by atoms with Gasteiger partial charge >= 0.3 is 5.97 Å². The van der Waals surface area contributed by atoms with Crippen LogP contribution >= 0.6 is 0 Å². The van der Waals surface area contributed by atoms with Crippen LogP contribution in [0.1, 0.15) is 67.8 Å². The number of nitrogens with one attached hydrogen (secondary N) is 1. The van der Waals surface area contributed by atoms with E-state index in [1.807, 2.05) is 6.08 Å². The van der Waals surface area contributed by atoms with Crippen molar-refractivity contribution >= 4 is 23.4 Å². The summed E-state index contributed by atoms with van der Waals surface area (Å²) < 4.78 is 0. The molecule has 35 heavy (non-hydrogen) atoms. The van der Waals surface area contributed by atoms with Crippen LogP contribution in [0.15, 0.2) is 42.5 Å².